The largest absolute Gasteiger partial charge is 0.338 e. The molecule has 2 rings (SSSR count). The van der Waals surface area contributed by atoms with E-state index in [1.165, 1.54) is 38.1 Å². The molecule has 0 aliphatic carbocycles. The second-order valence-electron chi connectivity index (χ2n) is 4.14. The average Bonchev–Trinajstić information content (AvgIpc) is 2.63. The van der Waals surface area contributed by atoms with Gasteiger partial charge >= 0.3 is 0 Å². The molecule has 14 heavy (non-hydrogen) atoms. The van der Waals surface area contributed by atoms with Gasteiger partial charge in [0.25, 0.3) is 0 Å². The molecule has 0 aromatic carbocycles. The van der Waals surface area contributed by atoms with Crippen molar-refractivity contribution in [3.8, 4) is 0 Å². The van der Waals surface area contributed by atoms with Gasteiger partial charge in [0.1, 0.15) is 5.82 Å². The van der Waals surface area contributed by atoms with Crippen LogP contribution in [0.25, 0.3) is 0 Å². The number of imidazole rings is 1. The topological polar surface area (TPSA) is 29.9 Å². The van der Waals surface area contributed by atoms with Crippen molar-refractivity contribution in [2.24, 2.45) is 7.05 Å². The number of aromatic nitrogens is 2. The molecule has 1 N–H and O–H groups in total. The summed E-state index contributed by atoms with van der Waals surface area (Å²) >= 11 is 0. The van der Waals surface area contributed by atoms with Crippen LogP contribution >= 0.6 is 0 Å². The Morgan fingerprint density at radius 2 is 2.50 bits per heavy atom. The number of aryl methyl sites for hydroxylation is 2. The summed E-state index contributed by atoms with van der Waals surface area (Å²) in [6.07, 6.45) is 10.3. The fourth-order valence-corrected chi connectivity index (χ4v) is 2.11. The monoisotopic (exact) mass is 193 g/mol. The van der Waals surface area contributed by atoms with E-state index in [-0.39, 0.29) is 0 Å². The van der Waals surface area contributed by atoms with Gasteiger partial charge in [-0.25, -0.2) is 4.98 Å². The van der Waals surface area contributed by atoms with E-state index < -0.39 is 0 Å². The highest BCUT2D eigenvalue weighted by Crippen LogP contribution is 2.12. The maximum Gasteiger partial charge on any atom is 0.108 e. The summed E-state index contributed by atoms with van der Waals surface area (Å²) in [6.45, 7) is 1.20. The van der Waals surface area contributed by atoms with Crippen LogP contribution in [0, 0.1) is 0 Å². The van der Waals surface area contributed by atoms with Gasteiger partial charge in [-0.05, 0) is 25.8 Å². The first kappa shape index (κ1) is 9.71. The first-order chi connectivity index (χ1) is 6.86. The second-order valence-corrected chi connectivity index (χ2v) is 4.14. The first-order valence-electron chi connectivity index (χ1n) is 5.56. The van der Waals surface area contributed by atoms with Crippen LogP contribution in [-0.4, -0.2) is 22.1 Å². The van der Waals surface area contributed by atoms with Crippen molar-refractivity contribution in [2.45, 2.75) is 38.1 Å². The third-order valence-electron chi connectivity index (χ3n) is 3.05. The van der Waals surface area contributed by atoms with E-state index in [2.05, 4.69) is 21.9 Å². The van der Waals surface area contributed by atoms with Crippen molar-refractivity contribution in [3.63, 3.8) is 0 Å². The van der Waals surface area contributed by atoms with Gasteiger partial charge in [-0.1, -0.05) is 6.42 Å². The lowest BCUT2D eigenvalue weighted by atomic mass is 10.0. The summed E-state index contributed by atoms with van der Waals surface area (Å²) in [5.74, 6) is 1.21. The molecule has 2 heterocycles. The molecule has 0 radical (unpaired) electrons. The molecule has 1 aliphatic rings. The zero-order valence-corrected chi connectivity index (χ0v) is 8.87. The minimum Gasteiger partial charge on any atom is -0.338 e. The lowest BCUT2D eigenvalue weighted by Gasteiger charge is -2.23. The van der Waals surface area contributed by atoms with Crippen molar-refractivity contribution in [3.05, 3.63) is 18.2 Å². The van der Waals surface area contributed by atoms with E-state index in [0.29, 0.717) is 0 Å². The summed E-state index contributed by atoms with van der Waals surface area (Å²) in [6, 6.07) is 0.723. The lowest BCUT2D eigenvalue weighted by molar-refractivity contribution is 0.380. The molecule has 1 aromatic heterocycles. The van der Waals surface area contributed by atoms with Crippen LogP contribution in [0.15, 0.2) is 12.4 Å². The summed E-state index contributed by atoms with van der Waals surface area (Å²) < 4.78 is 2.11. The number of nitrogens with zero attached hydrogens (tertiary/aromatic N) is 2. The fraction of sp³-hybridized carbons (Fsp3) is 0.727. The van der Waals surface area contributed by atoms with Gasteiger partial charge in [0.15, 0.2) is 0 Å². The van der Waals surface area contributed by atoms with Gasteiger partial charge in [0, 0.05) is 31.9 Å². The van der Waals surface area contributed by atoms with Gasteiger partial charge in [0.2, 0.25) is 0 Å². The average molecular weight is 193 g/mol. The molecule has 3 nitrogen and oxygen atoms in total. The summed E-state index contributed by atoms with van der Waals surface area (Å²) in [5.41, 5.74) is 0. The van der Waals surface area contributed by atoms with Crippen molar-refractivity contribution in [2.75, 3.05) is 6.54 Å². The third kappa shape index (κ3) is 2.35. The zero-order chi connectivity index (χ0) is 9.80. The molecule has 0 bridgehead atoms. The predicted molar refractivity (Wildman–Crippen MR) is 57.2 cm³/mol. The molecule has 1 aliphatic heterocycles. The Balaban J connectivity index is 1.79. The van der Waals surface area contributed by atoms with E-state index >= 15 is 0 Å². The maximum absolute atomic E-state index is 4.34. The lowest BCUT2D eigenvalue weighted by Crippen LogP contribution is -2.34. The Morgan fingerprint density at radius 3 is 3.14 bits per heavy atom. The highest BCUT2D eigenvalue weighted by atomic mass is 15.0. The van der Waals surface area contributed by atoms with Gasteiger partial charge in [-0.2, -0.15) is 0 Å². The van der Waals surface area contributed by atoms with Gasteiger partial charge < -0.3 is 9.88 Å². The molecule has 0 spiro atoms. The Bertz CT molecular complexity index is 274. The molecule has 0 saturated carbocycles. The normalized spacial score (nSPS) is 22.5. The molecule has 3 heteroatoms. The van der Waals surface area contributed by atoms with Crippen molar-refractivity contribution in [1.29, 1.82) is 0 Å². The Labute approximate surface area is 85.5 Å². The van der Waals surface area contributed by atoms with Gasteiger partial charge in [-0.15, -0.1) is 0 Å². The van der Waals surface area contributed by atoms with Crippen LogP contribution < -0.4 is 5.32 Å². The van der Waals surface area contributed by atoms with Crippen molar-refractivity contribution < 1.29 is 0 Å². The number of piperidine rings is 1. The molecule has 1 aromatic rings. The molecule has 1 atom stereocenters. The molecule has 0 amide bonds. The van der Waals surface area contributed by atoms with Crippen LogP contribution in [0.1, 0.15) is 31.5 Å². The zero-order valence-electron chi connectivity index (χ0n) is 8.87. The smallest absolute Gasteiger partial charge is 0.108 e. The number of rotatable bonds is 3. The first-order valence-corrected chi connectivity index (χ1v) is 5.56. The molecule has 1 saturated heterocycles. The SMILES string of the molecule is Cn1ccnc1CCC1CCCCN1. The summed E-state index contributed by atoms with van der Waals surface area (Å²) in [4.78, 5) is 4.34. The highest BCUT2D eigenvalue weighted by Gasteiger charge is 2.12. The number of nitrogens with one attached hydrogen (secondary N) is 1. The van der Waals surface area contributed by atoms with E-state index in [9.17, 15) is 0 Å². The minimum atomic E-state index is 0.723. The summed E-state index contributed by atoms with van der Waals surface area (Å²) in [7, 11) is 2.07. The second kappa shape index (κ2) is 4.60. The van der Waals surface area contributed by atoms with Crippen molar-refractivity contribution >= 4 is 0 Å². The minimum absolute atomic E-state index is 0.723. The fourth-order valence-electron chi connectivity index (χ4n) is 2.11. The third-order valence-corrected chi connectivity index (χ3v) is 3.05. The van der Waals surface area contributed by atoms with E-state index in [0.717, 1.165) is 12.5 Å². The Hall–Kier alpha value is -0.830. The van der Waals surface area contributed by atoms with Gasteiger partial charge in [-0.3, -0.25) is 0 Å². The molecular formula is C11H19N3. The van der Waals surface area contributed by atoms with Crippen LogP contribution in [0.2, 0.25) is 0 Å². The van der Waals surface area contributed by atoms with Crippen LogP contribution in [0.5, 0.6) is 0 Å². The molecule has 1 unspecified atom stereocenters. The maximum atomic E-state index is 4.34. The molecular weight excluding hydrogens is 174 g/mol. The standard InChI is InChI=1S/C11H19N3/c1-14-9-8-13-11(14)6-5-10-4-2-3-7-12-10/h8-10,12H,2-7H2,1H3. The number of hydrogen-bond donors (Lipinski definition) is 1. The summed E-state index contributed by atoms with van der Waals surface area (Å²) in [5, 5.41) is 3.56. The van der Waals surface area contributed by atoms with Gasteiger partial charge in [0.05, 0.1) is 0 Å². The van der Waals surface area contributed by atoms with Crippen LogP contribution in [-0.2, 0) is 13.5 Å². The van der Waals surface area contributed by atoms with E-state index in [1.807, 2.05) is 12.4 Å². The molecule has 1 fully saturated rings. The highest BCUT2D eigenvalue weighted by molar-refractivity contribution is 4.92. The quantitative estimate of drug-likeness (QED) is 0.788. The predicted octanol–water partition coefficient (Wildman–Crippen LogP) is 1.49. The van der Waals surface area contributed by atoms with E-state index in [4.69, 9.17) is 0 Å². The van der Waals surface area contributed by atoms with Crippen LogP contribution in [0.4, 0.5) is 0 Å². The van der Waals surface area contributed by atoms with Crippen LogP contribution in [0.3, 0.4) is 0 Å². The molecule has 78 valence electrons. The Morgan fingerprint density at radius 1 is 1.57 bits per heavy atom. The number of hydrogen-bond acceptors (Lipinski definition) is 2. The van der Waals surface area contributed by atoms with E-state index in [1.54, 1.807) is 0 Å². The Kier molecular flexibility index (Phi) is 3.19. The van der Waals surface area contributed by atoms with Crippen molar-refractivity contribution in [1.82, 2.24) is 14.9 Å².